The number of halogens is 1. The summed E-state index contributed by atoms with van der Waals surface area (Å²) in [5.74, 6) is 1.13. The Morgan fingerprint density at radius 3 is 2.48 bits per heavy atom. The summed E-state index contributed by atoms with van der Waals surface area (Å²) in [5.41, 5.74) is 2.81. The molecule has 0 atom stereocenters. The minimum absolute atomic E-state index is 0.292. The molecule has 0 saturated heterocycles. The molecule has 0 aliphatic carbocycles. The van der Waals surface area contributed by atoms with Crippen LogP contribution >= 0.6 is 15.9 Å². The van der Waals surface area contributed by atoms with E-state index in [-0.39, 0.29) is 6.03 Å². The van der Waals surface area contributed by atoms with Gasteiger partial charge in [0.1, 0.15) is 0 Å². The minimum atomic E-state index is -0.292. The Hall–Kier alpha value is -2.21. The van der Waals surface area contributed by atoms with Gasteiger partial charge in [-0.15, -0.1) is 0 Å². The molecule has 122 valence electrons. The van der Waals surface area contributed by atoms with Crippen LogP contribution in [-0.2, 0) is 6.54 Å². The second-order valence-corrected chi connectivity index (χ2v) is 5.84. The highest BCUT2D eigenvalue weighted by Crippen LogP contribution is 2.36. The Bertz CT molecular complexity index is 704. The maximum Gasteiger partial charge on any atom is 0.319 e. The second kappa shape index (κ2) is 7.87. The summed E-state index contributed by atoms with van der Waals surface area (Å²) >= 11 is 3.41. The van der Waals surface area contributed by atoms with E-state index in [2.05, 4.69) is 26.6 Å². The lowest BCUT2D eigenvalue weighted by atomic mass is 10.1. The number of nitrogens with one attached hydrogen (secondary N) is 2. The number of hydrogen-bond acceptors (Lipinski definition) is 3. The average molecular weight is 379 g/mol. The fraction of sp³-hybridized carbons (Fsp3) is 0.235. The third-order valence-corrected chi connectivity index (χ3v) is 3.91. The second-order valence-electron chi connectivity index (χ2n) is 4.98. The minimum Gasteiger partial charge on any atom is -0.493 e. The van der Waals surface area contributed by atoms with Crippen molar-refractivity contribution in [3.63, 3.8) is 0 Å². The number of carbonyl (C=O) groups excluding carboxylic acids is 1. The molecule has 6 heteroatoms. The standard InChI is InChI=1S/C17H19BrN2O3/c1-11-5-4-6-12(7-11)10-19-17(21)20-14-9-16(23-3)15(22-2)8-13(14)18/h4-9H,10H2,1-3H3,(H2,19,20,21). The van der Waals surface area contributed by atoms with Crippen LogP contribution in [0.2, 0.25) is 0 Å². The van der Waals surface area contributed by atoms with Crippen LogP contribution in [0.15, 0.2) is 40.9 Å². The molecular weight excluding hydrogens is 360 g/mol. The molecule has 0 heterocycles. The van der Waals surface area contributed by atoms with Gasteiger partial charge in [-0.25, -0.2) is 4.79 Å². The van der Waals surface area contributed by atoms with Gasteiger partial charge in [-0.05, 0) is 28.4 Å². The number of urea groups is 1. The van der Waals surface area contributed by atoms with Crippen molar-refractivity contribution < 1.29 is 14.3 Å². The van der Waals surface area contributed by atoms with E-state index >= 15 is 0 Å². The molecule has 0 aliphatic rings. The third kappa shape index (κ3) is 4.63. The van der Waals surface area contributed by atoms with Crippen LogP contribution in [0.3, 0.4) is 0 Å². The van der Waals surface area contributed by atoms with Crippen molar-refractivity contribution >= 4 is 27.6 Å². The molecular formula is C17H19BrN2O3. The Morgan fingerprint density at radius 1 is 1.13 bits per heavy atom. The number of hydrogen-bond donors (Lipinski definition) is 2. The molecule has 0 radical (unpaired) electrons. The first-order chi connectivity index (χ1) is 11.0. The lowest BCUT2D eigenvalue weighted by molar-refractivity contribution is 0.251. The first-order valence-corrected chi connectivity index (χ1v) is 7.84. The van der Waals surface area contributed by atoms with Crippen LogP contribution < -0.4 is 20.1 Å². The van der Waals surface area contributed by atoms with E-state index in [0.717, 1.165) is 11.1 Å². The highest BCUT2D eigenvalue weighted by molar-refractivity contribution is 9.10. The largest absolute Gasteiger partial charge is 0.493 e. The number of methoxy groups -OCH3 is 2. The quantitative estimate of drug-likeness (QED) is 0.823. The van der Waals surface area contributed by atoms with Crippen LogP contribution in [0.5, 0.6) is 11.5 Å². The lowest BCUT2D eigenvalue weighted by Crippen LogP contribution is -2.28. The normalized spacial score (nSPS) is 10.1. The highest BCUT2D eigenvalue weighted by atomic mass is 79.9. The van der Waals surface area contributed by atoms with Crippen LogP contribution in [0.25, 0.3) is 0 Å². The van der Waals surface area contributed by atoms with Crippen LogP contribution in [0.4, 0.5) is 10.5 Å². The molecule has 0 unspecified atom stereocenters. The number of anilines is 1. The Balaban J connectivity index is 2.02. The summed E-state index contributed by atoms with van der Waals surface area (Å²) in [6.07, 6.45) is 0. The summed E-state index contributed by atoms with van der Waals surface area (Å²) < 4.78 is 11.2. The summed E-state index contributed by atoms with van der Waals surface area (Å²) in [5, 5.41) is 5.61. The van der Waals surface area contributed by atoms with Gasteiger partial charge in [-0.1, -0.05) is 29.8 Å². The molecule has 0 bridgehead atoms. The fourth-order valence-electron chi connectivity index (χ4n) is 2.12. The van der Waals surface area contributed by atoms with Crippen LogP contribution in [-0.4, -0.2) is 20.3 Å². The van der Waals surface area contributed by atoms with E-state index in [9.17, 15) is 4.79 Å². The molecule has 2 amide bonds. The maximum absolute atomic E-state index is 12.1. The fourth-order valence-corrected chi connectivity index (χ4v) is 2.54. The predicted octanol–water partition coefficient (Wildman–Crippen LogP) is 4.10. The van der Waals surface area contributed by atoms with E-state index in [1.165, 1.54) is 0 Å². The van der Waals surface area contributed by atoms with Gasteiger partial charge in [0.2, 0.25) is 0 Å². The Morgan fingerprint density at radius 2 is 1.83 bits per heavy atom. The van der Waals surface area contributed by atoms with Crippen molar-refractivity contribution in [2.24, 2.45) is 0 Å². The van der Waals surface area contributed by atoms with E-state index in [4.69, 9.17) is 9.47 Å². The topological polar surface area (TPSA) is 59.6 Å². The molecule has 2 rings (SSSR count). The van der Waals surface area contributed by atoms with Gasteiger partial charge in [0.05, 0.1) is 19.9 Å². The smallest absolute Gasteiger partial charge is 0.319 e. The number of ether oxygens (including phenoxy) is 2. The van der Waals surface area contributed by atoms with Gasteiger partial charge in [-0.2, -0.15) is 0 Å². The van der Waals surface area contributed by atoms with E-state index < -0.39 is 0 Å². The Labute approximate surface area is 144 Å². The Kier molecular flexibility index (Phi) is 5.87. The van der Waals surface area contributed by atoms with E-state index in [0.29, 0.717) is 28.2 Å². The molecule has 0 fully saturated rings. The average Bonchev–Trinajstić information content (AvgIpc) is 2.54. The van der Waals surface area contributed by atoms with Gasteiger partial charge in [0, 0.05) is 23.2 Å². The van der Waals surface area contributed by atoms with Crippen molar-refractivity contribution in [2.75, 3.05) is 19.5 Å². The molecule has 0 saturated carbocycles. The van der Waals surface area contributed by atoms with Crippen molar-refractivity contribution in [3.8, 4) is 11.5 Å². The number of benzene rings is 2. The third-order valence-electron chi connectivity index (χ3n) is 3.26. The molecule has 23 heavy (non-hydrogen) atoms. The van der Waals surface area contributed by atoms with Gasteiger partial charge in [-0.3, -0.25) is 0 Å². The van der Waals surface area contributed by atoms with Gasteiger partial charge in [0.25, 0.3) is 0 Å². The van der Waals surface area contributed by atoms with Gasteiger partial charge < -0.3 is 20.1 Å². The molecule has 0 aromatic heterocycles. The number of amides is 2. The van der Waals surface area contributed by atoms with E-state index in [1.807, 2.05) is 31.2 Å². The predicted molar refractivity (Wildman–Crippen MR) is 94.3 cm³/mol. The lowest BCUT2D eigenvalue weighted by Gasteiger charge is -2.13. The van der Waals surface area contributed by atoms with Gasteiger partial charge in [0.15, 0.2) is 11.5 Å². The monoisotopic (exact) mass is 378 g/mol. The molecule has 2 aromatic carbocycles. The molecule has 2 aromatic rings. The van der Waals surface area contributed by atoms with Crippen molar-refractivity contribution in [2.45, 2.75) is 13.5 Å². The number of aryl methyl sites for hydroxylation is 1. The first-order valence-electron chi connectivity index (χ1n) is 7.05. The summed E-state index contributed by atoms with van der Waals surface area (Å²) in [4.78, 5) is 12.1. The number of rotatable bonds is 5. The molecule has 0 spiro atoms. The van der Waals surface area contributed by atoms with Crippen molar-refractivity contribution in [3.05, 3.63) is 52.0 Å². The zero-order valence-electron chi connectivity index (χ0n) is 13.3. The number of carbonyl (C=O) groups is 1. The van der Waals surface area contributed by atoms with Crippen molar-refractivity contribution in [1.29, 1.82) is 0 Å². The summed E-state index contributed by atoms with van der Waals surface area (Å²) in [7, 11) is 3.11. The highest BCUT2D eigenvalue weighted by Gasteiger charge is 2.11. The SMILES string of the molecule is COc1cc(Br)c(NC(=O)NCc2cccc(C)c2)cc1OC. The van der Waals surface area contributed by atoms with Crippen LogP contribution in [0.1, 0.15) is 11.1 Å². The molecule has 5 nitrogen and oxygen atoms in total. The zero-order chi connectivity index (χ0) is 16.8. The van der Waals surface area contributed by atoms with Crippen LogP contribution in [0, 0.1) is 6.92 Å². The maximum atomic E-state index is 12.1. The summed E-state index contributed by atoms with van der Waals surface area (Å²) in [6.45, 7) is 2.47. The van der Waals surface area contributed by atoms with Crippen molar-refractivity contribution in [1.82, 2.24) is 5.32 Å². The summed E-state index contributed by atoms with van der Waals surface area (Å²) in [6, 6.07) is 11.1. The zero-order valence-corrected chi connectivity index (χ0v) is 14.9. The molecule has 2 N–H and O–H groups in total. The van der Waals surface area contributed by atoms with Gasteiger partial charge >= 0.3 is 6.03 Å². The molecule has 0 aliphatic heterocycles. The first kappa shape index (κ1) is 17.1. The van der Waals surface area contributed by atoms with E-state index in [1.54, 1.807) is 26.4 Å².